The van der Waals surface area contributed by atoms with Gasteiger partial charge in [-0.25, -0.2) is 9.18 Å². The van der Waals surface area contributed by atoms with E-state index in [0.717, 1.165) is 24.0 Å². The molecule has 0 N–H and O–H groups in total. The molecule has 5 nitrogen and oxygen atoms in total. The van der Waals surface area contributed by atoms with E-state index < -0.39 is 17.9 Å². The molecule has 3 aliphatic rings. The summed E-state index contributed by atoms with van der Waals surface area (Å²) in [7, 11) is 0. The number of ketones is 1. The minimum absolute atomic E-state index is 0.0139. The fourth-order valence-corrected chi connectivity index (χ4v) is 3.81. The standard InChI is InChI=1S/C19H26FNO4/c1-19(2,3)25-18(23)21(14-9-15(22)11-24-10-14)17-7-4-12-8-13(20)5-6-16(12)17/h5-6,13-14,17H,4,7-11H2,1-3H3. The Kier molecular flexibility index (Phi) is 5.00. The Morgan fingerprint density at radius 3 is 2.80 bits per heavy atom. The lowest BCUT2D eigenvalue weighted by atomic mass is 9.96. The molecular formula is C19H26FNO4. The second-order valence-electron chi connectivity index (χ2n) is 7.99. The fraction of sp³-hybridized carbons (Fsp3) is 0.684. The van der Waals surface area contributed by atoms with Gasteiger partial charge < -0.3 is 9.47 Å². The zero-order valence-corrected chi connectivity index (χ0v) is 15.1. The number of amides is 1. The Labute approximate surface area is 147 Å². The molecule has 1 fully saturated rings. The molecule has 1 saturated heterocycles. The van der Waals surface area contributed by atoms with Gasteiger partial charge in [-0.3, -0.25) is 9.69 Å². The number of carbonyl (C=O) groups is 2. The van der Waals surface area contributed by atoms with Crippen LogP contribution in [0, 0.1) is 0 Å². The van der Waals surface area contributed by atoms with Crippen molar-refractivity contribution in [3.05, 3.63) is 23.3 Å². The Bertz CT molecular complexity index is 619. The maximum atomic E-state index is 13.6. The van der Waals surface area contributed by atoms with Crippen LogP contribution in [0.25, 0.3) is 0 Å². The van der Waals surface area contributed by atoms with Crippen LogP contribution in [0.3, 0.4) is 0 Å². The van der Waals surface area contributed by atoms with Gasteiger partial charge in [-0.1, -0.05) is 17.7 Å². The Morgan fingerprint density at radius 2 is 2.12 bits per heavy atom. The Hall–Kier alpha value is -1.69. The zero-order valence-electron chi connectivity index (χ0n) is 15.1. The second-order valence-corrected chi connectivity index (χ2v) is 7.99. The molecule has 0 aromatic rings. The Morgan fingerprint density at radius 1 is 1.36 bits per heavy atom. The summed E-state index contributed by atoms with van der Waals surface area (Å²) in [5, 5.41) is 0. The van der Waals surface area contributed by atoms with Gasteiger partial charge in [0.1, 0.15) is 18.4 Å². The van der Waals surface area contributed by atoms with E-state index in [2.05, 4.69) is 0 Å². The first kappa shape index (κ1) is 18.1. The van der Waals surface area contributed by atoms with E-state index in [9.17, 15) is 14.0 Å². The molecule has 3 rings (SSSR count). The van der Waals surface area contributed by atoms with E-state index >= 15 is 0 Å². The number of allylic oxidation sites excluding steroid dienone is 2. The predicted octanol–water partition coefficient (Wildman–Crippen LogP) is 3.34. The summed E-state index contributed by atoms with van der Waals surface area (Å²) >= 11 is 0. The van der Waals surface area contributed by atoms with Crippen LogP contribution in [0.5, 0.6) is 0 Å². The van der Waals surface area contributed by atoms with Crippen LogP contribution in [0.2, 0.25) is 0 Å². The van der Waals surface area contributed by atoms with Gasteiger partial charge in [-0.15, -0.1) is 0 Å². The molecule has 0 aromatic heterocycles. The third-order valence-electron chi connectivity index (χ3n) is 4.78. The number of carbonyl (C=O) groups excluding carboxylic acids is 2. The van der Waals surface area contributed by atoms with Crippen LogP contribution in [0.15, 0.2) is 23.3 Å². The van der Waals surface area contributed by atoms with Crippen LogP contribution in [-0.2, 0) is 14.3 Å². The molecule has 25 heavy (non-hydrogen) atoms. The van der Waals surface area contributed by atoms with Gasteiger partial charge in [0, 0.05) is 12.8 Å². The van der Waals surface area contributed by atoms with E-state index in [-0.39, 0.29) is 30.9 Å². The number of nitrogens with zero attached hydrogens (tertiary/aromatic N) is 1. The van der Waals surface area contributed by atoms with Crippen molar-refractivity contribution in [3.63, 3.8) is 0 Å². The van der Waals surface area contributed by atoms with Crippen molar-refractivity contribution in [1.82, 2.24) is 4.90 Å². The van der Waals surface area contributed by atoms with Gasteiger partial charge in [0.25, 0.3) is 0 Å². The smallest absolute Gasteiger partial charge is 0.411 e. The Balaban J connectivity index is 1.87. The minimum Gasteiger partial charge on any atom is -0.444 e. The van der Waals surface area contributed by atoms with Gasteiger partial charge in [-0.05, 0) is 39.2 Å². The number of halogens is 1. The van der Waals surface area contributed by atoms with Crippen LogP contribution >= 0.6 is 0 Å². The molecule has 0 spiro atoms. The monoisotopic (exact) mass is 351 g/mol. The summed E-state index contributed by atoms with van der Waals surface area (Å²) in [6.45, 7) is 5.87. The van der Waals surface area contributed by atoms with Crippen LogP contribution in [0.1, 0.15) is 46.5 Å². The van der Waals surface area contributed by atoms with Gasteiger partial charge in [0.05, 0.1) is 18.7 Å². The van der Waals surface area contributed by atoms with Crippen molar-refractivity contribution >= 4 is 11.9 Å². The third kappa shape index (κ3) is 4.11. The summed E-state index contributed by atoms with van der Waals surface area (Å²) in [5.41, 5.74) is 1.44. The summed E-state index contributed by atoms with van der Waals surface area (Å²) in [5.74, 6) is -0.0139. The van der Waals surface area contributed by atoms with Gasteiger partial charge >= 0.3 is 6.09 Å². The quantitative estimate of drug-likeness (QED) is 0.766. The number of alkyl halides is 1. The summed E-state index contributed by atoms with van der Waals surface area (Å²) in [6.07, 6.45) is 4.12. The largest absolute Gasteiger partial charge is 0.444 e. The molecule has 3 unspecified atom stereocenters. The molecule has 1 amide bonds. The van der Waals surface area contributed by atoms with Crippen molar-refractivity contribution in [3.8, 4) is 0 Å². The maximum Gasteiger partial charge on any atom is 0.411 e. The molecule has 0 aromatic carbocycles. The highest BCUT2D eigenvalue weighted by molar-refractivity contribution is 5.82. The molecule has 2 aliphatic carbocycles. The normalized spacial score (nSPS) is 29.6. The molecule has 138 valence electrons. The van der Waals surface area contributed by atoms with Crippen LogP contribution < -0.4 is 0 Å². The predicted molar refractivity (Wildman–Crippen MR) is 91.0 cm³/mol. The zero-order chi connectivity index (χ0) is 18.2. The van der Waals surface area contributed by atoms with E-state index in [1.807, 2.05) is 20.8 Å². The first-order chi connectivity index (χ1) is 11.7. The van der Waals surface area contributed by atoms with Crippen molar-refractivity contribution in [2.24, 2.45) is 0 Å². The topological polar surface area (TPSA) is 55.8 Å². The number of hydrogen-bond acceptors (Lipinski definition) is 4. The lowest BCUT2D eigenvalue weighted by Gasteiger charge is -2.39. The highest BCUT2D eigenvalue weighted by Gasteiger charge is 2.41. The van der Waals surface area contributed by atoms with Gasteiger partial charge in [0.2, 0.25) is 0 Å². The van der Waals surface area contributed by atoms with Crippen molar-refractivity contribution in [1.29, 1.82) is 0 Å². The number of rotatable bonds is 2. The fourth-order valence-electron chi connectivity index (χ4n) is 3.81. The molecular weight excluding hydrogens is 325 g/mol. The van der Waals surface area contributed by atoms with E-state index in [1.165, 1.54) is 0 Å². The number of Topliss-reactive ketones (excluding diaryl/α,β-unsaturated/α-hetero) is 1. The average molecular weight is 351 g/mol. The van der Waals surface area contributed by atoms with Crippen LogP contribution in [-0.4, -0.2) is 53.8 Å². The summed E-state index contributed by atoms with van der Waals surface area (Å²) < 4.78 is 24.6. The summed E-state index contributed by atoms with van der Waals surface area (Å²) in [6, 6.07) is -0.530. The molecule has 3 atom stereocenters. The van der Waals surface area contributed by atoms with Crippen molar-refractivity contribution in [2.75, 3.05) is 13.2 Å². The first-order valence-electron chi connectivity index (χ1n) is 8.89. The van der Waals surface area contributed by atoms with E-state index in [1.54, 1.807) is 17.1 Å². The van der Waals surface area contributed by atoms with E-state index in [4.69, 9.17) is 9.47 Å². The molecule has 6 heteroatoms. The van der Waals surface area contributed by atoms with Gasteiger partial charge in [0.15, 0.2) is 5.78 Å². The minimum atomic E-state index is -0.952. The highest BCUT2D eigenvalue weighted by Crippen LogP contribution is 2.39. The van der Waals surface area contributed by atoms with Gasteiger partial charge in [-0.2, -0.15) is 0 Å². The highest BCUT2D eigenvalue weighted by atomic mass is 19.1. The molecule has 1 heterocycles. The summed E-state index contributed by atoms with van der Waals surface area (Å²) in [4.78, 5) is 26.4. The van der Waals surface area contributed by atoms with E-state index in [0.29, 0.717) is 13.0 Å². The average Bonchev–Trinajstić information content (AvgIpc) is 2.88. The molecule has 0 bridgehead atoms. The molecule has 0 saturated carbocycles. The lowest BCUT2D eigenvalue weighted by molar-refractivity contribution is -0.131. The lowest BCUT2D eigenvalue weighted by Crippen LogP contribution is -2.53. The number of ether oxygens (including phenoxy) is 2. The third-order valence-corrected chi connectivity index (χ3v) is 4.78. The van der Waals surface area contributed by atoms with Crippen molar-refractivity contribution < 1.29 is 23.5 Å². The number of hydrogen-bond donors (Lipinski definition) is 0. The van der Waals surface area contributed by atoms with Crippen LogP contribution in [0.4, 0.5) is 9.18 Å². The molecule has 1 aliphatic heterocycles. The maximum absolute atomic E-state index is 13.6. The first-order valence-corrected chi connectivity index (χ1v) is 8.89. The SMILES string of the molecule is CC(C)(C)OC(=O)N(C1COCC(=O)C1)C1CCC2=C1C=CC(F)C2. The molecule has 0 radical (unpaired) electrons. The second kappa shape index (κ2) is 6.90. The van der Waals surface area contributed by atoms with Crippen molar-refractivity contribution in [2.45, 2.75) is 70.3 Å².